The highest BCUT2D eigenvalue weighted by atomic mass is 16.5. The van der Waals surface area contributed by atoms with Crippen molar-refractivity contribution < 1.29 is 14.3 Å². The quantitative estimate of drug-likeness (QED) is 0.517. The maximum Gasteiger partial charge on any atom is 0.254 e. The van der Waals surface area contributed by atoms with Crippen molar-refractivity contribution in [1.29, 1.82) is 0 Å². The van der Waals surface area contributed by atoms with E-state index in [1.54, 1.807) is 11.0 Å². The van der Waals surface area contributed by atoms with Crippen LogP contribution in [0.2, 0.25) is 0 Å². The maximum atomic E-state index is 12.7. The van der Waals surface area contributed by atoms with Gasteiger partial charge in [0.2, 0.25) is 5.91 Å². The molecular weight excluding hydrogens is 416 g/mol. The Hall–Kier alpha value is -3.87. The molecule has 1 atom stereocenters. The smallest absolute Gasteiger partial charge is 0.254 e. The number of rotatable bonds is 7. The van der Waals surface area contributed by atoms with E-state index < -0.39 is 0 Å². The van der Waals surface area contributed by atoms with Crippen LogP contribution in [0.4, 0.5) is 11.6 Å². The number of aromatic nitrogens is 1. The van der Waals surface area contributed by atoms with Crippen molar-refractivity contribution in [1.82, 2.24) is 9.88 Å². The molecule has 0 radical (unpaired) electrons. The highest BCUT2D eigenvalue weighted by molar-refractivity contribution is 6.01. The summed E-state index contributed by atoms with van der Waals surface area (Å²) >= 11 is 0. The summed E-state index contributed by atoms with van der Waals surface area (Å²) < 4.78 is 5.92. The molecule has 0 saturated heterocycles. The summed E-state index contributed by atoms with van der Waals surface area (Å²) in [5, 5.41) is 6.13. The van der Waals surface area contributed by atoms with Crippen molar-refractivity contribution in [2.24, 2.45) is 0 Å². The van der Waals surface area contributed by atoms with Crippen LogP contribution >= 0.6 is 0 Å². The fraction of sp³-hybridized carbons (Fsp3) is 0.269. The molecule has 1 aromatic heterocycles. The van der Waals surface area contributed by atoms with Gasteiger partial charge in [0.1, 0.15) is 23.1 Å². The van der Waals surface area contributed by atoms with Gasteiger partial charge >= 0.3 is 0 Å². The van der Waals surface area contributed by atoms with Gasteiger partial charge in [-0.25, -0.2) is 4.98 Å². The van der Waals surface area contributed by atoms with Crippen LogP contribution in [0.5, 0.6) is 11.5 Å². The average Bonchev–Trinajstić information content (AvgIpc) is 3.11. The van der Waals surface area contributed by atoms with E-state index in [0.717, 1.165) is 22.6 Å². The number of fused-ring (bicyclic) bond motifs is 1. The first-order valence-electron chi connectivity index (χ1n) is 11.1. The number of benzene rings is 2. The molecule has 0 spiro atoms. The van der Waals surface area contributed by atoms with Crippen molar-refractivity contribution in [2.45, 2.75) is 40.3 Å². The Bertz CT molecular complexity index is 1170. The lowest BCUT2D eigenvalue weighted by Crippen LogP contribution is -2.23. The monoisotopic (exact) mass is 444 g/mol. The third-order valence-corrected chi connectivity index (χ3v) is 5.67. The summed E-state index contributed by atoms with van der Waals surface area (Å²) in [6.45, 7) is 8.55. The molecule has 33 heavy (non-hydrogen) atoms. The molecule has 0 saturated carbocycles. The van der Waals surface area contributed by atoms with E-state index in [1.165, 1.54) is 12.5 Å². The minimum atomic E-state index is -0.233. The molecular formula is C26H28N4O3. The largest absolute Gasteiger partial charge is 0.457 e. The minimum Gasteiger partial charge on any atom is -0.457 e. The van der Waals surface area contributed by atoms with E-state index in [1.807, 2.05) is 69.3 Å². The number of nitrogens with one attached hydrogen (secondary N) is 2. The van der Waals surface area contributed by atoms with Crippen LogP contribution in [0, 0.1) is 6.92 Å². The van der Waals surface area contributed by atoms with Crippen molar-refractivity contribution in [3.8, 4) is 11.5 Å². The van der Waals surface area contributed by atoms with Crippen molar-refractivity contribution in [3.05, 3.63) is 76.9 Å². The van der Waals surface area contributed by atoms with E-state index in [-0.39, 0.29) is 17.9 Å². The van der Waals surface area contributed by atoms with Gasteiger partial charge in [0.05, 0.1) is 12.1 Å². The molecule has 1 aliphatic rings. The number of pyridine rings is 1. The lowest BCUT2D eigenvalue weighted by molar-refractivity contribution is -0.114. The van der Waals surface area contributed by atoms with Crippen molar-refractivity contribution in [3.63, 3.8) is 0 Å². The lowest BCUT2D eigenvalue weighted by Gasteiger charge is -2.19. The summed E-state index contributed by atoms with van der Waals surface area (Å²) in [7, 11) is 0. The van der Waals surface area contributed by atoms with E-state index >= 15 is 0 Å². The van der Waals surface area contributed by atoms with Crippen LogP contribution in [-0.4, -0.2) is 28.2 Å². The summed E-state index contributed by atoms with van der Waals surface area (Å²) in [5.74, 6) is 2.24. The van der Waals surface area contributed by atoms with Gasteiger partial charge in [0.25, 0.3) is 5.91 Å². The van der Waals surface area contributed by atoms with E-state index in [0.29, 0.717) is 30.3 Å². The molecule has 1 aliphatic heterocycles. The molecule has 0 aliphatic carbocycles. The Labute approximate surface area is 193 Å². The van der Waals surface area contributed by atoms with Gasteiger partial charge in [-0.05, 0) is 56.7 Å². The van der Waals surface area contributed by atoms with Gasteiger partial charge in [0, 0.05) is 25.1 Å². The molecule has 4 rings (SSSR count). The number of amides is 2. The van der Waals surface area contributed by atoms with Crippen LogP contribution in [0.25, 0.3) is 0 Å². The Morgan fingerprint density at radius 1 is 1.12 bits per heavy atom. The number of hydrogen-bond donors (Lipinski definition) is 2. The minimum absolute atomic E-state index is 0.0465. The molecule has 0 bridgehead atoms. The predicted molar refractivity (Wildman–Crippen MR) is 129 cm³/mol. The molecule has 7 heteroatoms. The van der Waals surface area contributed by atoms with Crippen molar-refractivity contribution in [2.75, 3.05) is 17.2 Å². The number of hydrogen-bond acceptors (Lipinski definition) is 5. The molecule has 7 nitrogen and oxygen atoms in total. The molecule has 3 aromatic rings. The second kappa shape index (κ2) is 9.32. The number of nitrogens with zero attached hydrogens (tertiary/aromatic N) is 2. The molecule has 2 N–H and O–H groups in total. The summed E-state index contributed by atoms with van der Waals surface area (Å²) in [5.41, 5.74) is 3.65. The molecule has 2 heterocycles. The summed E-state index contributed by atoms with van der Waals surface area (Å²) in [6.07, 6.45) is 0. The highest BCUT2D eigenvalue weighted by Crippen LogP contribution is 2.33. The Morgan fingerprint density at radius 3 is 2.36 bits per heavy atom. The zero-order valence-electron chi connectivity index (χ0n) is 19.3. The molecule has 2 amide bonds. The second-order valence-corrected chi connectivity index (χ2v) is 8.23. The third-order valence-electron chi connectivity index (χ3n) is 5.67. The van der Waals surface area contributed by atoms with E-state index in [2.05, 4.69) is 15.6 Å². The average molecular weight is 445 g/mol. The Morgan fingerprint density at radius 2 is 1.76 bits per heavy atom. The molecule has 170 valence electrons. The first kappa shape index (κ1) is 22.3. The van der Waals surface area contributed by atoms with Crippen LogP contribution < -0.4 is 15.4 Å². The predicted octanol–water partition coefficient (Wildman–Crippen LogP) is 5.29. The maximum absolute atomic E-state index is 12.7. The first-order valence-corrected chi connectivity index (χ1v) is 11.1. The zero-order valence-corrected chi connectivity index (χ0v) is 19.3. The van der Waals surface area contributed by atoms with E-state index in [9.17, 15) is 9.59 Å². The van der Waals surface area contributed by atoms with Gasteiger partial charge < -0.3 is 20.3 Å². The highest BCUT2D eigenvalue weighted by Gasteiger charge is 2.30. The topological polar surface area (TPSA) is 83.6 Å². The third kappa shape index (κ3) is 4.98. The number of aryl methyl sites for hydroxylation is 1. The number of ether oxygens (including phenoxy) is 1. The Kier molecular flexibility index (Phi) is 6.31. The molecule has 2 aromatic carbocycles. The van der Waals surface area contributed by atoms with Crippen LogP contribution in [0.3, 0.4) is 0 Å². The fourth-order valence-corrected chi connectivity index (χ4v) is 3.83. The van der Waals surface area contributed by atoms with Crippen LogP contribution in [0.1, 0.15) is 53.9 Å². The van der Waals surface area contributed by atoms with E-state index in [4.69, 9.17) is 4.74 Å². The van der Waals surface area contributed by atoms with Crippen LogP contribution in [0.15, 0.2) is 54.6 Å². The standard InChI is InChI=1S/C26H28N4O3/c1-5-30-15-23-22(26(30)32)14-24(28-18(4)31)29-25(23)27-17(3)19-8-12-21(13-9-19)33-20-10-6-16(2)7-11-20/h6-14,17H,5,15H2,1-4H3,(H2,27,28,29,31)/t17-/m0/s1. The SMILES string of the molecule is CCN1Cc2c(cc(NC(C)=O)nc2N[C@@H](C)c2ccc(Oc3ccc(C)cc3)cc2)C1=O. The zero-order chi connectivity index (χ0) is 23.5. The number of carbonyl (C=O) groups excluding carboxylic acids is 2. The van der Waals surface area contributed by atoms with Gasteiger partial charge in [-0.2, -0.15) is 0 Å². The summed E-state index contributed by atoms with van der Waals surface area (Å²) in [4.78, 5) is 30.6. The van der Waals surface area contributed by atoms with Gasteiger partial charge in [-0.3, -0.25) is 9.59 Å². The number of anilines is 2. The normalized spacial score (nSPS) is 13.5. The molecule has 0 fully saturated rings. The molecule has 0 unspecified atom stereocenters. The van der Waals surface area contributed by atoms with Crippen LogP contribution in [-0.2, 0) is 11.3 Å². The summed E-state index contributed by atoms with van der Waals surface area (Å²) in [6, 6.07) is 17.4. The lowest BCUT2D eigenvalue weighted by atomic mass is 10.1. The Balaban J connectivity index is 1.54. The van der Waals surface area contributed by atoms with Gasteiger partial charge in [-0.1, -0.05) is 29.8 Å². The van der Waals surface area contributed by atoms with Crippen molar-refractivity contribution >= 4 is 23.5 Å². The van der Waals surface area contributed by atoms with Gasteiger partial charge in [0.15, 0.2) is 0 Å². The number of carbonyl (C=O) groups is 2. The fourth-order valence-electron chi connectivity index (χ4n) is 3.83. The second-order valence-electron chi connectivity index (χ2n) is 8.23. The first-order chi connectivity index (χ1) is 15.8. The van der Waals surface area contributed by atoms with Gasteiger partial charge in [-0.15, -0.1) is 0 Å².